The minimum absolute atomic E-state index is 0.0459. The molecule has 1 N–H and O–H groups in total. The van der Waals surface area contributed by atoms with Crippen molar-refractivity contribution < 1.29 is 13.2 Å². The predicted molar refractivity (Wildman–Crippen MR) is 65.3 cm³/mol. The SMILES string of the molecule is COc1cccc(C#N)c1NS(=O)(=O)C(C)C#N. The summed E-state index contributed by atoms with van der Waals surface area (Å²) < 4.78 is 30.7. The Hall–Kier alpha value is -2.25. The van der Waals surface area contributed by atoms with E-state index in [4.69, 9.17) is 15.3 Å². The molecule has 1 atom stereocenters. The third kappa shape index (κ3) is 2.70. The number of hydrogen-bond donors (Lipinski definition) is 1. The number of ether oxygens (including phenoxy) is 1. The molecule has 1 unspecified atom stereocenters. The molecule has 0 aliphatic heterocycles. The van der Waals surface area contributed by atoms with Crippen LogP contribution in [0.3, 0.4) is 0 Å². The number of anilines is 1. The van der Waals surface area contributed by atoms with Crippen LogP contribution in [-0.2, 0) is 10.0 Å². The second-order valence-electron chi connectivity index (χ2n) is 3.41. The van der Waals surface area contributed by atoms with Crippen molar-refractivity contribution in [2.24, 2.45) is 0 Å². The third-order valence-electron chi connectivity index (χ3n) is 2.26. The van der Waals surface area contributed by atoms with E-state index in [9.17, 15) is 8.42 Å². The average molecular weight is 265 g/mol. The molecular formula is C11H11N3O3S. The molecule has 0 bridgehead atoms. The normalized spacial score (nSPS) is 12.0. The lowest BCUT2D eigenvalue weighted by atomic mass is 10.2. The van der Waals surface area contributed by atoms with Crippen molar-refractivity contribution in [1.29, 1.82) is 10.5 Å². The highest BCUT2D eigenvalue weighted by atomic mass is 32.2. The molecule has 0 spiro atoms. The number of nitriles is 2. The summed E-state index contributed by atoms with van der Waals surface area (Å²) in [6.45, 7) is 1.25. The van der Waals surface area contributed by atoms with Gasteiger partial charge in [0.1, 0.15) is 17.5 Å². The zero-order valence-electron chi connectivity index (χ0n) is 9.84. The van der Waals surface area contributed by atoms with E-state index in [-0.39, 0.29) is 17.0 Å². The number of hydrogen-bond acceptors (Lipinski definition) is 5. The van der Waals surface area contributed by atoms with Gasteiger partial charge in [-0.25, -0.2) is 8.42 Å². The maximum absolute atomic E-state index is 11.8. The molecule has 7 heteroatoms. The molecule has 0 aliphatic rings. The molecule has 6 nitrogen and oxygen atoms in total. The van der Waals surface area contributed by atoms with E-state index in [2.05, 4.69) is 4.72 Å². The second-order valence-corrected chi connectivity index (χ2v) is 5.41. The van der Waals surface area contributed by atoms with Gasteiger partial charge in [-0.3, -0.25) is 4.72 Å². The summed E-state index contributed by atoms with van der Waals surface area (Å²) >= 11 is 0. The molecule has 0 heterocycles. The van der Waals surface area contributed by atoms with Crippen LogP contribution < -0.4 is 9.46 Å². The lowest BCUT2D eigenvalue weighted by Crippen LogP contribution is -2.24. The van der Waals surface area contributed by atoms with E-state index in [1.54, 1.807) is 12.1 Å². The Balaban J connectivity index is 3.28. The molecule has 0 saturated carbocycles. The van der Waals surface area contributed by atoms with E-state index in [0.717, 1.165) is 0 Å². The van der Waals surface area contributed by atoms with Gasteiger partial charge in [-0.15, -0.1) is 0 Å². The van der Waals surface area contributed by atoms with Crippen LogP contribution in [-0.4, -0.2) is 20.8 Å². The topological polar surface area (TPSA) is 103 Å². The van der Waals surface area contributed by atoms with Crippen LogP contribution in [0.15, 0.2) is 18.2 Å². The highest BCUT2D eigenvalue weighted by Gasteiger charge is 2.23. The summed E-state index contributed by atoms with van der Waals surface area (Å²) in [4.78, 5) is 0. The average Bonchev–Trinajstić information content (AvgIpc) is 2.37. The molecule has 94 valence electrons. The first-order valence-corrected chi connectivity index (χ1v) is 6.49. The zero-order valence-corrected chi connectivity index (χ0v) is 10.7. The molecule has 1 rings (SSSR count). The summed E-state index contributed by atoms with van der Waals surface area (Å²) in [6, 6.07) is 8.04. The first-order valence-electron chi connectivity index (χ1n) is 4.94. The van der Waals surface area contributed by atoms with E-state index < -0.39 is 15.3 Å². The van der Waals surface area contributed by atoms with Crippen molar-refractivity contribution in [1.82, 2.24) is 0 Å². The van der Waals surface area contributed by atoms with Crippen LogP contribution in [0, 0.1) is 22.7 Å². The standard InChI is InChI=1S/C11H11N3O3S/c1-8(6-12)18(15,16)14-11-9(7-13)4-3-5-10(11)17-2/h3-5,8,14H,1-2H3. The van der Waals surface area contributed by atoms with Crippen LogP contribution in [0.5, 0.6) is 5.75 Å². The van der Waals surface area contributed by atoms with Gasteiger partial charge in [-0.2, -0.15) is 10.5 Å². The van der Waals surface area contributed by atoms with Gasteiger partial charge in [0.15, 0.2) is 5.25 Å². The van der Waals surface area contributed by atoms with Gasteiger partial charge in [0.25, 0.3) is 0 Å². The number of benzene rings is 1. The lowest BCUT2D eigenvalue weighted by molar-refractivity contribution is 0.416. The molecule has 0 fully saturated rings. The second kappa shape index (κ2) is 5.39. The number of rotatable bonds is 4. The Morgan fingerprint density at radius 2 is 2.06 bits per heavy atom. The van der Waals surface area contributed by atoms with Crippen molar-refractivity contribution in [3.8, 4) is 17.9 Å². The molecule has 0 saturated heterocycles. The van der Waals surface area contributed by atoms with Crippen molar-refractivity contribution in [3.63, 3.8) is 0 Å². The van der Waals surface area contributed by atoms with Gasteiger partial charge in [-0.05, 0) is 19.1 Å². The van der Waals surface area contributed by atoms with Crippen molar-refractivity contribution in [3.05, 3.63) is 23.8 Å². The first kappa shape index (κ1) is 13.8. The van der Waals surface area contributed by atoms with Crippen LogP contribution in [0.1, 0.15) is 12.5 Å². The van der Waals surface area contributed by atoms with E-state index in [1.807, 2.05) is 6.07 Å². The minimum Gasteiger partial charge on any atom is -0.495 e. The van der Waals surface area contributed by atoms with Crippen LogP contribution in [0.25, 0.3) is 0 Å². The van der Waals surface area contributed by atoms with Gasteiger partial charge in [0.05, 0.1) is 18.7 Å². The molecule has 1 aromatic rings. The highest BCUT2D eigenvalue weighted by molar-refractivity contribution is 7.93. The summed E-state index contributed by atoms with van der Waals surface area (Å²) in [5.74, 6) is 0.225. The monoisotopic (exact) mass is 265 g/mol. The molecule has 1 aromatic carbocycles. The summed E-state index contributed by atoms with van der Waals surface area (Å²) in [5.41, 5.74) is 0.174. The van der Waals surface area contributed by atoms with Crippen molar-refractivity contribution in [2.75, 3.05) is 11.8 Å². The van der Waals surface area contributed by atoms with Gasteiger partial charge in [-0.1, -0.05) is 6.07 Å². The third-order valence-corrected chi connectivity index (χ3v) is 3.78. The maximum Gasteiger partial charge on any atom is 0.249 e. The Labute approximate surface area is 105 Å². The molecule has 0 amide bonds. The molecular weight excluding hydrogens is 254 g/mol. The van der Waals surface area contributed by atoms with Gasteiger partial charge in [0, 0.05) is 0 Å². The molecule has 0 aromatic heterocycles. The number of para-hydroxylation sites is 1. The highest BCUT2D eigenvalue weighted by Crippen LogP contribution is 2.29. The van der Waals surface area contributed by atoms with Crippen LogP contribution in [0.2, 0.25) is 0 Å². The molecule has 0 radical (unpaired) electrons. The molecule has 0 aliphatic carbocycles. The van der Waals surface area contributed by atoms with Gasteiger partial charge in [0.2, 0.25) is 10.0 Å². The van der Waals surface area contributed by atoms with Crippen LogP contribution in [0.4, 0.5) is 5.69 Å². The van der Waals surface area contributed by atoms with E-state index in [1.165, 1.54) is 26.2 Å². The van der Waals surface area contributed by atoms with Gasteiger partial charge < -0.3 is 4.74 Å². The smallest absolute Gasteiger partial charge is 0.249 e. The fraction of sp³-hybridized carbons (Fsp3) is 0.273. The summed E-state index contributed by atoms with van der Waals surface area (Å²) in [6.07, 6.45) is 0. The van der Waals surface area contributed by atoms with Crippen molar-refractivity contribution >= 4 is 15.7 Å². The Kier molecular flexibility index (Phi) is 4.13. The Bertz CT molecular complexity index is 626. The molecule has 18 heavy (non-hydrogen) atoms. The Morgan fingerprint density at radius 1 is 1.39 bits per heavy atom. The fourth-order valence-corrected chi connectivity index (χ4v) is 2.01. The fourth-order valence-electron chi connectivity index (χ4n) is 1.20. The number of methoxy groups -OCH3 is 1. The van der Waals surface area contributed by atoms with Gasteiger partial charge >= 0.3 is 0 Å². The maximum atomic E-state index is 11.8. The first-order chi connectivity index (χ1) is 8.46. The predicted octanol–water partition coefficient (Wildman–Crippen LogP) is 1.22. The zero-order chi connectivity index (χ0) is 13.8. The number of sulfonamides is 1. The Morgan fingerprint density at radius 3 is 2.56 bits per heavy atom. The van der Waals surface area contributed by atoms with E-state index >= 15 is 0 Å². The number of nitrogens with zero attached hydrogens (tertiary/aromatic N) is 2. The summed E-state index contributed by atoms with van der Waals surface area (Å²) in [7, 11) is -2.51. The van der Waals surface area contributed by atoms with Crippen molar-refractivity contribution in [2.45, 2.75) is 12.2 Å². The lowest BCUT2D eigenvalue weighted by Gasteiger charge is -2.13. The quantitative estimate of drug-likeness (QED) is 0.881. The summed E-state index contributed by atoms with van der Waals surface area (Å²) in [5, 5.41) is 16.3. The van der Waals surface area contributed by atoms with E-state index in [0.29, 0.717) is 0 Å². The van der Waals surface area contributed by atoms with Crippen LogP contribution >= 0.6 is 0 Å². The largest absolute Gasteiger partial charge is 0.495 e. The number of nitrogens with one attached hydrogen (secondary N) is 1. The minimum atomic E-state index is -3.87.